The van der Waals surface area contributed by atoms with Crippen LogP contribution in [0.25, 0.3) is 0 Å². The molecule has 20 heteroatoms. The summed E-state index contributed by atoms with van der Waals surface area (Å²) in [6, 6.07) is 2.16. The van der Waals surface area contributed by atoms with E-state index in [1.54, 1.807) is 83.1 Å². The first-order valence-electron chi connectivity index (χ1n) is 18.7. The van der Waals surface area contributed by atoms with E-state index in [4.69, 9.17) is 28.4 Å². The molecule has 59 heavy (non-hydrogen) atoms. The van der Waals surface area contributed by atoms with Gasteiger partial charge in [-0.05, 0) is 90.0 Å². The molecule has 0 spiro atoms. The number of Topliss-reactive ketones (excluding diaryl/α,β-unsaturated/α-hetero) is 1. The van der Waals surface area contributed by atoms with Gasteiger partial charge in [-0.3, -0.25) is 52.7 Å². The summed E-state index contributed by atoms with van der Waals surface area (Å²) in [5.41, 5.74) is -8.07. The van der Waals surface area contributed by atoms with E-state index in [9.17, 15) is 48.3 Å². The van der Waals surface area contributed by atoms with Gasteiger partial charge >= 0.3 is 35.3 Å². The summed E-state index contributed by atoms with van der Waals surface area (Å²) < 4.78 is 34.7. The van der Waals surface area contributed by atoms with Crippen molar-refractivity contribution in [2.45, 2.75) is 132 Å². The van der Waals surface area contributed by atoms with E-state index in [-0.39, 0.29) is 13.2 Å². The standard InChI is InChI=1S/C20H30N2O8.C19H26N2O8/c1-18(2,3)15(24)28-10-11-13(30-16(25)19(4,5)6)20(7,27)14(29-11)22-9-8-12(23)21-17(22)26;1-18(2,3)15(24)27-9-10-13(29-16(25)19(4,5)6)12(23)14(28-10)21-8-7-11(22)20-17(21)26/h8-9,11,13-14,27H,10H2,1-7H3,(H,21,23,26);7-8,10,13-14H,9H2,1-6H3,(H,20,22,26)/t11-,13-,14-,20+;10-,13-,14-/m11/s1. The molecule has 7 atom stereocenters. The molecule has 0 amide bonds. The molecule has 3 N–H and O–H groups in total. The molecule has 20 nitrogen and oxygen atoms in total. The van der Waals surface area contributed by atoms with Gasteiger partial charge in [0.1, 0.15) is 31.0 Å². The Labute approximate surface area is 339 Å². The molecular formula is C39H56N4O16. The third-order valence-corrected chi connectivity index (χ3v) is 8.77. The van der Waals surface area contributed by atoms with Crippen LogP contribution in [0.1, 0.15) is 102 Å². The number of hydrogen-bond donors (Lipinski definition) is 3. The van der Waals surface area contributed by atoms with Gasteiger partial charge in [0.25, 0.3) is 11.1 Å². The Morgan fingerprint density at radius 1 is 0.644 bits per heavy atom. The van der Waals surface area contributed by atoms with Crippen LogP contribution in [0, 0.1) is 21.7 Å². The molecule has 0 bridgehead atoms. The first-order chi connectivity index (χ1) is 26.8. The van der Waals surface area contributed by atoms with Crippen LogP contribution in [0.15, 0.2) is 43.7 Å². The van der Waals surface area contributed by atoms with Crippen molar-refractivity contribution in [2.75, 3.05) is 13.2 Å². The van der Waals surface area contributed by atoms with Crippen LogP contribution in [0.2, 0.25) is 0 Å². The van der Waals surface area contributed by atoms with E-state index in [2.05, 4.69) is 4.98 Å². The molecule has 2 saturated heterocycles. The minimum atomic E-state index is -1.86. The zero-order valence-corrected chi connectivity index (χ0v) is 35.7. The lowest BCUT2D eigenvalue weighted by Crippen LogP contribution is -2.50. The number of H-pyrrole nitrogens is 2. The quantitative estimate of drug-likeness (QED) is 0.250. The molecule has 2 aliphatic heterocycles. The maximum Gasteiger partial charge on any atom is 0.330 e. The number of ether oxygens (including phenoxy) is 6. The Bertz CT molecular complexity index is 2130. The number of carbonyl (C=O) groups excluding carboxylic acids is 5. The van der Waals surface area contributed by atoms with Gasteiger partial charge in [0.15, 0.2) is 18.4 Å². The number of nitrogens with zero attached hydrogens (tertiary/aromatic N) is 2. The predicted octanol–water partition coefficient (Wildman–Crippen LogP) is 1.28. The molecule has 0 aliphatic carbocycles. The zero-order valence-electron chi connectivity index (χ0n) is 35.7. The number of ketones is 1. The minimum absolute atomic E-state index is 0.303. The molecule has 0 saturated carbocycles. The SMILES string of the molecule is CC(C)(C)C(=O)OC[C@H]1O[C@@H](n2ccc(=O)[nH]c2=O)C(=O)[C@@H]1OC(=O)C(C)(C)C.CC(C)(C)C(=O)OC[C@H]1O[C@@H](n2ccc(=O)[nH]c2=O)[C@@](C)(O)[C@@H]1OC(=O)C(C)(C)C. The summed E-state index contributed by atoms with van der Waals surface area (Å²) in [4.78, 5) is 113. The summed E-state index contributed by atoms with van der Waals surface area (Å²) in [5, 5.41) is 11.2. The second-order valence-electron chi connectivity index (χ2n) is 18.6. The fraction of sp³-hybridized carbons (Fsp3) is 0.667. The second kappa shape index (κ2) is 17.6. The Morgan fingerprint density at radius 2 is 1.05 bits per heavy atom. The normalized spacial score (nSPS) is 24.7. The van der Waals surface area contributed by atoms with Crippen molar-refractivity contribution in [3.05, 3.63) is 66.2 Å². The van der Waals surface area contributed by atoms with Gasteiger partial charge in [0.05, 0.1) is 21.7 Å². The molecule has 2 aliphatic rings. The largest absolute Gasteiger partial charge is 0.462 e. The zero-order chi connectivity index (χ0) is 45.2. The predicted molar refractivity (Wildman–Crippen MR) is 206 cm³/mol. The summed E-state index contributed by atoms with van der Waals surface area (Å²) in [5.74, 6) is -2.98. The first kappa shape index (κ1) is 48.2. The van der Waals surface area contributed by atoms with E-state index in [1.165, 1.54) is 13.1 Å². The molecule has 0 unspecified atom stereocenters. The maximum atomic E-state index is 12.9. The van der Waals surface area contributed by atoms with Gasteiger partial charge in [-0.25, -0.2) is 9.59 Å². The van der Waals surface area contributed by atoms with Gasteiger partial charge in [0.2, 0.25) is 12.0 Å². The van der Waals surface area contributed by atoms with Crippen LogP contribution >= 0.6 is 0 Å². The summed E-state index contributed by atoms with van der Waals surface area (Å²) in [6.07, 6.45) is -5.21. The molecule has 4 rings (SSSR count). The van der Waals surface area contributed by atoms with Crippen molar-refractivity contribution in [2.24, 2.45) is 21.7 Å². The van der Waals surface area contributed by atoms with Gasteiger partial charge in [-0.15, -0.1) is 0 Å². The number of aromatic amines is 2. The average Bonchev–Trinajstić information content (AvgIpc) is 3.51. The number of carbonyl (C=O) groups is 5. The van der Waals surface area contributed by atoms with Crippen molar-refractivity contribution in [3.63, 3.8) is 0 Å². The highest BCUT2D eigenvalue weighted by Gasteiger charge is 2.57. The van der Waals surface area contributed by atoms with E-state index in [1.807, 2.05) is 4.98 Å². The van der Waals surface area contributed by atoms with Gasteiger partial charge in [0, 0.05) is 24.5 Å². The van der Waals surface area contributed by atoms with E-state index in [0.29, 0.717) is 0 Å². The maximum absolute atomic E-state index is 12.9. The Balaban J connectivity index is 0.000000316. The van der Waals surface area contributed by atoms with Crippen LogP contribution in [-0.2, 0) is 52.4 Å². The van der Waals surface area contributed by atoms with E-state index >= 15 is 0 Å². The molecule has 328 valence electrons. The summed E-state index contributed by atoms with van der Waals surface area (Å²) in [6.45, 7) is 20.5. The number of hydrogen-bond acceptors (Lipinski definition) is 16. The molecule has 2 aromatic rings. The fourth-order valence-corrected chi connectivity index (χ4v) is 5.21. The fourth-order valence-electron chi connectivity index (χ4n) is 5.21. The third kappa shape index (κ3) is 11.9. The number of aromatic nitrogens is 4. The minimum Gasteiger partial charge on any atom is -0.462 e. The molecule has 0 radical (unpaired) electrons. The number of aliphatic hydroxyl groups is 1. The van der Waals surface area contributed by atoms with Crippen LogP contribution < -0.4 is 22.5 Å². The van der Waals surface area contributed by atoms with E-state index in [0.717, 1.165) is 27.5 Å². The molecule has 0 aromatic carbocycles. The van der Waals surface area contributed by atoms with Gasteiger partial charge in [-0.2, -0.15) is 0 Å². The highest BCUT2D eigenvalue weighted by molar-refractivity contribution is 5.91. The second-order valence-corrected chi connectivity index (χ2v) is 18.6. The smallest absolute Gasteiger partial charge is 0.330 e. The lowest BCUT2D eigenvalue weighted by atomic mass is 9.93. The van der Waals surface area contributed by atoms with Gasteiger partial charge < -0.3 is 33.5 Å². The monoisotopic (exact) mass is 836 g/mol. The summed E-state index contributed by atoms with van der Waals surface area (Å²) in [7, 11) is 0. The number of rotatable bonds is 8. The van der Waals surface area contributed by atoms with Crippen LogP contribution in [-0.4, -0.2) is 97.1 Å². The lowest BCUT2D eigenvalue weighted by Gasteiger charge is -2.32. The Kier molecular flexibility index (Phi) is 14.3. The van der Waals surface area contributed by atoms with Crippen molar-refractivity contribution >= 4 is 29.7 Å². The third-order valence-electron chi connectivity index (χ3n) is 8.77. The average molecular weight is 837 g/mol. The number of nitrogens with one attached hydrogen (secondary N) is 2. The topological polar surface area (TPSA) is 271 Å². The Hall–Kier alpha value is -5.21. The van der Waals surface area contributed by atoms with Crippen LogP contribution in [0.3, 0.4) is 0 Å². The van der Waals surface area contributed by atoms with Crippen molar-refractivity contribution in [1.82, 2.24) is 19.1 Å². The molecule has 4 heterocycles. The molecular weight excluding hydrogens is 780 g/mol. The highest BCUT2D eigenvalue weighted by Crippen LogP contribution is 2.40. The molecule has 2 fully saturated rings. The highest BCUT2D eigenvalue weighted by atomic mass is 16.6. The summed E-state index contributed by atoms with van der Waals surface area (Å²) >= 11 is 0. The Morgan fingerprint density at radius 3 is 1.47 bits per heavy atom. The number of esters is 4. The van der Waals surface area contributed by atoms with Crippen LogP contribution in [0.5, 0.6) is 0 Å². The first-order valence-corrected chi connectivity index (χ1v) is 18.7. The van der Waals surface area contributed by atoms with Crippen molar-refractivity contribution in [1.29, 1.82) is 0 Å². The van der Waals surface area contributed by atoms with Gasteiger partial charge in [-0.1, -0.05) is 0 Å². The van der Waals surface area contributed by atoms with Crippen LogP contribution in [0.4, 0.5) is 0 Å². The molecule has 2 aromatic heterocycles. The van der Waals surface area contributed by atoms with E-state index < -0.39 is 116 Å². The lowest BCUT2D eigenvalue weighted by molar-refractivity contribution is -0.175. The van der Waals surface area contributed by atoms with Crippen molar-refractivity contribution < 1.29 is 57.5 Å². The van der Waals surface area contributed by atoms with Crippen molar-refractivity contribution in [3.8, 4) is 0 Å².